The van der Waals surface area contributed by atoms with Gasteiger partial charge in [0.15, 0.2) is 0 Å². The number of hydrogen-bond acceptors (Lipinski definition) is 1. The topological polar surface area (TPSA) is 9.23 Å². The van der Waals surface area contributed by atoms with E-state index < -0.39 is 0 Å². The number of benzene rings is 1. The molecular weight excluding hydrogens is 300 g/mol. The van der Waals surface area contributed by atoms with E-state index in [2.05, 4.69) is 47.6 Å². The number of ether oxygens (including phenoxy) is 1. The highest BCUT2D eigenvalue weighted by molar-refractivity contribution is 9.10. The van der Waals surface area contributed by atoms with Gasteiger partial charge in [0.05, 0.1) is 6.10 Å². The summed E-state index contributed by atoms with van der Waals surface area (Å²) in [5.41, 5.74) is 4.48. The number of allylic oxidation sites excluding steroid dienone is 1. The summed E-state index contributed by atoms with van der Waals surface area (Å²) in [5, 5.41) is 0. The lowest BCUT2D eigenvalue weighted by molar-refractivity contribution is 0.00273. The third kappa shape index (κ3) is 2.09. The van der Waals surface area contributed by atoms with Gasteiger partial charge in [-0.3, -0.25) is 0 Å². The molecule has 19 heavy (non-hydrogen) atoms. The molecule has 0 radical (unpaired) electrons. The molecular formula is C17H21BrO. The van der Waals surface area contributed by atoms with E-state index in [0.717, 1.165) is 17.3 Å². The van der Waals surface area contributed by atoms with Crippen molar-refractivity contribution in [2.45, 2.75) is 38.7 Å². The molecule has 1 fully saturated rings. The molecule has 1 aromatic carbocycles. The Morgan fingerprint density at radius 2 is 2.21 bits per heavy atom. The zero-order valence-corrected chi connectivity index (χ0v) is 13.3. The Balaban J connectivity index is 1.91. The highest BCUT2D eigenvalue weighted by Crippen LogP contribution is 2.55. The highest BCUT2D eigenvalue weighted by Gasteiger charge is 2.45. The van der Waals surface area contributed by atoms with Crippen LogP contribution >= 0.6 is 15.9 Å². The summed E-state index contributed by atoms with van der Waals surface area (Å²) >= 11 is 3.58. The summed E-state index contributed by atoms with van der Waals surface area (Å²) in [7, 11) is 1.84. The van der Waals surface area contributed by atoms with Crippen LogP contribution in [-0.4, -0.2) is 13.2 Å². The molecule has 1 saturated carbocycles. The van der Waals surface area contributed by atoms with Crippen molar-refractivity contribution in [3.05, 3.63) is 40.4 Å². The fraction of sp³-hybridized carbons (Fsp3) is 0.529. The van der Waals surface area contributed by atoms with Crippen molar-refractivity contribution in [3.63, 3.8) is 0 Å². The van der Waals surface area contributed by atoms with Crippen LogP contribution in [0, 0.1) is 11.3 Å². The smallest absolute Gasteiger partial charge is 0.0597 e. The van der Waals surface area contributed by atoms with Crippen LogP contribution in [0.4, 0.5) is 0 Å². The molecule has 0 saturated heterocycles. The third-order valence-electron chi connectivity index (χ3n) is 5.12. The van der Waals surface area contributed by atoms with E-state index in [1.807, 2.05) is 7.11 Å². The number of fused-ring (bicyclic) bond motifs is 1. The van der Waals surface area contributed by atoms with E-state index in [1.54, 1.807) is 0 Å². The molecule has 2 heteroatoms. The van der Waals surface area contributed by atoms with Crippen molar-refractivity contribution in [1.29, 1.82) is 0 Å². The normalized spacial score (nSPS) is 33.7. The van der Waals surface area contributed by atoms with Gasteiger partial charge in [0.1, 0.15) is 0 Å². The van der Waals surface area contributed by atoms with Gasteiger partial charge in [-0.25, -0.2) is 0 Å². The van der Waals surface area contributed by atoms with Crippen LogP contribution in [0.15, 0.2) is 29.3 Å². The summed E-state index contributed by atoms with van der Waals surface area (Å²) in [5.74, 6) is 0.619. The largest absolute Gasteiger partial charge is 0.381 e. The molecule has 0 heterocycles. The van der Waals surface area contributed by atoms with Crippen molar-refractivity contribution >= 4 is 21.5 Å². The molecule has 0 bridgehead atoms. The minimum atomic E-state index is 0.289. The maximum atomic E-state index is 5.60. The molecule has 1 spiro atoms. The Labute approximate surface area is 124 Å². The maximum absolute atomic E-state index is 5.60. The Bertz CT molecular complexity index is 522. The SMILES string of the molecule is C=C1c2cc(Br)ccc2C[C@@]12CC[C@H](OC)[C@@H](C)C2. The Kier molecular flexibility index (Phi) is 3.34. The summed E-state index contributed by atoms with van der Waals surface area (Å²) in [4.78, 5) is 0. The molecule has 0 unspecified atom stereocenters. The zero-order valence-electron chi connectivity index (χ0n) is 11.7. The molecule has 1 aromatic rings. The number of rotatable bonds is 1. The first kappa shape index (κ1) is 13.4. The Hall–Kier alpha value is -0.600. The summed E-state index contributed by atoms with van der Waals surface area (Å²) in [6.07, 6.45) is 5.16. The van der Waals surface area contributed by atoms with E-state index in [-0.39, 0.29) is 5.41 Å². The van der Waals surface area contributed by atoms with Gasteiger partial charge in [0, 0.05) is 11.6 Å². The van der Waals surface area contributed by atoms with Gasteiger partial charge in [0.2, 0.25) is 0 Å². The predicted molar refractivity (Wildman–Crippen MR) is 83.1 cm³/mol. The minimum Gasteiger partial charge on any atom is -0.381 e. The number of halogens is 1. The van der Waals surface area contributed by atoms with E-state index in [4.69, 9.17) is 4.74 Å². The van der Waals surface area contributed by atoms with E-state index in [1.165, 1.54) is 29.5 Å². The molecule has 3 rings (SSSR count). The molecule has 3 atom stereocenters. The van der Waals surface area contributed by atoms with Crippen molar-refractivity contribution in [2.24, 2.45) is 11.3 Å². The van der Waals surface area contributed by atoms with Crippen LogP contribution in [0.25, 0.3) is 5.57 Å². The summed E-state index contributed by atoms with van der Waals surface area (Å²) < 4.78 is 6.76. The lowest BCUT2D eigenvalue weighted by atomic mass is 9.65. The quantitative estimate of drug-likeness (QED) is 0.719. The van der Waals surface area contributed by atoms with E-state index in [9.17, 15) is 0 Å². The summed E-state index contributed by atoms with van der Waals surface area (Å²) in [6.45, 7) is 6.76. The number of hydrogen-bond donors (Lipinski definition) is 0. The number of methoxy groups -OCH3 is 1. The van der Waals surface area contributed by atoms with Crippen LogP contribution in [-0.2, 0) is 11.2 Å². The van der Waals surface area contributed by atoms with E-state index >= 15 is 0 Å². The molecule has 2 aliphatic carbocycles. The van der Waals surface area contributed by atoms with Crippen molar-refractivity contribution in [1.82, 2.24) is 0 Å². The second-order valence-electron chi connectivity index (χ2n) is 6.23. The van der Waals surface area contributed by atoms with Crippen LogP contribution in [0.2, 0.25) is 0 Å². The Morgan fingerprint density at radius 1 is 1.42 bits per heavy atom. The van der Waals surface area contributed by atoms with Gasteiger partial charge in [-0.05, 0) is 65.8 Å². The monoisotopic (exact) mass is 320 g/mol. The maximum Gasteiger partial charge on any atom is 0.0597 e. The fourth-order valence-corrected chi connectivity index (χ4v) is 4.44. The lowest BCUT2D eigenvalue weighted by Crippen LogP contribution is -2.36. The predicted octanol–water partition coefficient (Wildman–Crippen LogP) is 4.84. The molecule has 102 valence electrons. The van der Waals surface area contributed by atoms with Gasteiger partial charge in [0.25, 0.3) is 0 Å². The van der Waals surface area contributed by atoms with E-state index in [0.29, 0.717) is 12.0 Å². The minimum absolute atomic E-state index is 0.289. The standard InChI is InChI=1S/C17H21BrO/c1-11-9-17(7-6-16(11)19-3)10-13-4-5-14(18)8-15(13)12(17)2/h4-5,8,11,16H,2,6-7,9-10H2,1,3H3/t11-,16-,17-/m0/s1. The van der Waals surface area contributed by atoms with Crippen molar-refractivity contribution < 1.29 is 4.74 Å². The molecule has 1 nitrogen and oxygen atoms in total. The average molecular weight is 321 g/mol. The average Bonchev–Trinajstić information content (AvgIpc) is 2.64. The fourth-order valence-electron chi connectivity index (χ4n) is 4.08. The molecule has 2 aliphatic rings. The van der Waals surface area contributed by atoms with Gasteiger partial charge in [-0.2, -0.15) is 0 Å². The first-order chi connectivity index (χ1) is 9.05. The van der Waals surface area contributed by atoms with Crippen molar-refractivity contribution in [2.75, 3.05) is 7.11 Å². The van der Waals surface area contributed by atoms with Crippen LogP contribution in [0.1, 0.15) is 37.3 Å². The second-order valence-corrected chi connectivity index (χ2v) is 7.15. The lowest BCUT2D eigenvalue weighted by Gasteiger charge is -2.41. The Morgan fingerprint density at radius 3 is 2.89 bits per heavy atom. The van der Waals surface area contributed by atoms with Gasteiger partial charge in [-0.1, -0.05) is 35.5 Å². The van der Waals surface area contributed by atoms with Crippen LogP contribution in [0.3, 0.4) is 0 Å². The third-order valence-corrected chi connectivity index (χ3v) is 5.62. The second kappa shape index (κ2) is 4.75. The molecule has 0 aliphatic heterocycles. The van der Waals surface area contributed by atoms with Crippen LogP contribution in [0.5, 0.6) is 0 Å². The molecule has 0 amide bonds. The molecule has 0 N–H and O–H groups in total. The zero-order chi connectivity index (χ0) is 13.6. The van der Waals surface area contributed by atoms with Gasteiger partial charge in [-0.15, -0.1) is 0 Å². The summed E-state index contributed by atoms with van der Waals surface area (Å²) in [6, 6.07) is 6.64. The van der Waals surface area contributed by atoms with Gasteiger partial charge < -0.3 is 4.74 Å². The molecule has 0 aromatic heterocycles. The highest BCUT2D eigenvalue weighted by atomic mass is 79.9. The van der Waals surface area contributed by atoms with Gasteiger partial charge >= 0.3 is 0 Å². The first-order valence-electron chi connectivity index (χ1n) is 7.07. The van der Waals surface area contributed by atoms with Crippen molar-refractivity contribution in [3.8, 4) is 0 Å². The van der Waals surface area contributed by atoms with Crippen LogP contribution < -0.4 is 0 Å². The first-order valence-corrected chi connectivity index (χ1v) is 7.86.